The van der Waals surface area contributed by atoms with E-state index in [1.807, 2.05) is 22.7 Å². The molecular formula is C56H32OS2. The molecule has 0 N–H and O–H groups in total. The van der Waals surface area contributed by atoms with Crippen molar-refractivity contribution in [2.24, 2.45) is 0 Å². The molecule has 0 aliphatic heterocycles. The summed E-state index contributed by atoms with van der Waals surface area (Å²) in [6.07, 6.45) is 0. The van der Waals surface area contributed by atoms with Crippen molar-refractivity contribution in [2.45, 2.75) is 0 Å². The first-order valence-corrected chi connectivity index (χ1v) is 21.7. The molecule has 0 unspecified atom stereocenters. The van der Waals surface area contributed by atoms with Gasteiger partial charge in [-0.2, -0.15) is 0 Å². The van der Waals surface area contributed by atoms with Gasteiger partial charge in [0.05, 0.1) is 0 Å². The molecule has 0 spiro atoms. The van der Waals surface area contributed by atoms with Crippen molar-refractivity contribution in [3.05, 3.63) is 194 Å². The second-order valence-corrected chi connectivity index (χ2v) is 17.6. The Hall–Kier alpha value is -7.04. The second kappa shape index (κ2) is 12.7. The summed E-state index contributed by atoms with van der Waals surface area (Å²) in [5, 5.41) is 13.7. The lowest BCUT2D eigenvalue weighted by Gasteiger charge is -2.17. The van der Waals surface area contributed by atoms with E-state index in [0.717, 1.165) is 22.1 Å². The molecular weight excluding hydrogens is 753 g/mol. The molecule has 1 nitrogen and oxygen atoms in total. The Morgan fingerprint density at radius 2 is 0.881 bits per heavy atom. The first-order chi connectivity index (χ1) is 29.3. The Balaban J connectivity index is 1.02. The van der Waals surface area contributed by atoms with Gasteiger partial charge in [0.2, 0.25) is 0 Å². The fourth-order valence-electron chi connectivity index (χ4n) is 9.71. The average molecular weight is 785 g/mol. The van der Waals surface area contributed by atoms with E-state index in [9.17, 15) is 0 Å². The number of thiophene rings is 2. The highest BCUT2D eigenvalue weighted by molar-refractivity contribution is 7.28. The molecule has 3 aromatic heterocycles. The standard InChI is InChI=1S/C56H32OS2/c1-3-14-34(15-4-1)52-45-28-30-48-54(56(45)59-55(52)35-16-5-2-6-17-35)44-27-24-37(32-49(44)58-48)51-41-21-11-9-19-39(41)50(40-20-10-12-22-42(40)51)36-23-26-43-47(31-36)57-46-29-25-33-13-7-8-18-38(33)53(43)46/h1-32H. The molecule has 0 saturated carbocycles. The Bertz CT molecular complexity index is 3770. The van der Waals surface area contributed by atoms with Crippen LogP contribution >= 0.6 is 22.7 Å². The monoisotopic (exact) mass is 784 g/mol. The van der Waals surface area contributed by atoms with Gasteiger partial charge < -0.3 is 4.42 Å². The van der Waals surface area contributed by atoms with E-state index in [4.69, 9.17) is 4.42 Å². The lowest BCUT2D eigenvalue weighted by molar-refractivity contribution is 0.669. The van der Waals surface area contributed by atoms with Crippen molar-refractivity contribution in [1.29, 1.82) is 0 Å². The first-order valence-electron chi connectivity index (χ1n) is 20.1. The summed E-state index contributed by atoms with van der Waals surface area (Å²) < 4.78 is 10.6. The highest BCUT2D eigenvalue weighted by Crippen LogP contribution is 2.51. The van der Waals surface area contributed by atoms with E-state index in [2.05, 4.69) is 194 Å². The maximum absolute atomic E-state index is 6.59. The largest absolute Gasteiger partial charge is 0.456 e. The van der Waals surface area contributed by atoms with Gasteiger partial charge in [-0.05, 0) is 96.0 Å². The van der Waals surface area contributed by atoms with E-state index in [1.54, 1.807) is 0 Å². The summed E-state index contributed by atoms with van der Waals surface area (Å²) in [4.78, 5) is 1.32. The maximum Gasteiger partial charge on any atom is 0.136 e. The molecule has 3 heterocycles. The zero-order chi connectivity index (χ0) is 38.6. The third kappa shape index (κ3) is 4.90. The lowest BCUT2D eigenvalue weighted by Crippen LogP contribution is -1.90. The fourth-order valence-corrected chi connectivity index (χ4v) is 12.3. The molecule has 0 aliphatic rings. The van der Waals surface area contributed by atoms with Gasteiger partial charge in [-0.1, -0.05) is 164 Å². The predicted molar refractivity (Wildman–Crippen MR) is 256 cm³/mol. The quantitative estimate of drug-likeness (QED) is 0.162. The van der Waals surface area contributed by atoms with Gasteiger partial charge in [0, 0.05) is 51.5 Å². The molecule has 0 atom stereocenters. The highest BCUT2D eigenvalue weighted by atomic mass is 32.1. The van der Waals surface area contributed by atoms with Gasteiger partial charge in [0.1, 0.15) is 11.2 Å². The van der Waals surface area contributed by atoms with Crippen LogP contribution in [0.2, 0.25) is 0 Å². The number of hydrogen-bond donors (Lipinski definition) is 0. The molecule has 59 heavy (non-hydrogen) atoms. The minimum absolute atomic E-state index is 0.910. The first kappa shape index (κ1) is 33.0. The molecule has 13 rings (SSSR count). The summed E-state index contributed by atoms with van der Waals surface area (Å²) in [7, 11) is 0. The molecule has 0 radical (unpaired) electrons. The third-order valence-electron chi connectivity index (χ3n) is 12.3. The van der Waals surface area contributed by atoms with E-state index in [-0.39, 0.29) is 0 Å². The van der Waals surface area contributed by atoms with E-state index < -0.39 is 0 Å². The summed E-state index contributed by atoms with van der Waals surface area (Å²) in [6.45, 7) is 0. The summed E-state index contributed by atoms with van der Waals surface area (Å²) in [5.74, 6) is 0. The molecule has 0 saturated heterocycles. The van der Waals surface area contributed by atoms with Crippen LogP contribution in [-0.4, -0.2) is 0 Å². The zero-order valence-corrected chi connectivity index (χ0v) is 33.3. The normalized spacial score (nSPS) is 12.1. The minimum Gasteiger partial charge on any atom is -0.456 e. The Labute approximate surface area is 347 Å². The highest BCUT2D eigenvalue weighted by Gasteiger charge is 2.22. The topological polar surface area (TPSA) is 13.1 Å². The summed E-state index contributed by atoms with van der Waals surface area (Å²) >= 11 is 3.83. The van der Waals surface area contributed by atoms with Crippen molar-refractivity contribution < 1.29 is 4.42 Å². The molecule has 0 bridgehead atoms. The van der Waals surface area contributed by atoms with Gasteiger partial charge in [0.25, 0.3) is 0 Å². The van der Waals surface area contributed by atoms with Crippen molar-refractivity contribution in [2.75, 3.05) is 0 Å². The van der Waals surface area contributed by atoms with Gasteiger partial charge in [0.15, 0.2) is 0 Å². The SMILES string of the molecule is c1ccc(-c2sc3c(ccc4sc5cc(-c6c7ccccc7c(-c7ccc8c(c7)oc7ccc9ccccc9c78)c7ccccc67)ccc5c43)c2-c2ccccc2)cc1. The summed E-state index contributed by atoms with van der Waals surface area (Å²) in [5.41, 5.74) is 10.6. The summed E-state index contributed by atoms with van der Waals surface area (Å²) in [6, 6.07) is 71.1. The van der Waals surface area contributed by atoms with E-state index in [0.29, 0.717) is 0 Å². The fraction of sp³-hybridized carbons (Fsp3) is 0. The second-order valence-electron chi connectivity index (χ2n) is 15.5. The Kier molecular flexibility index (Phi) is 7.12. The van der Waals surface area contributed by atoms with Crippen molar-refractivity contribution in [3.8, 4) is 43.8 Å². The molecule has 0 fully saturated rings. The molecule has 3 heteroatoms. The Morgan fingerprint density at radius 3 is 1.58 bits per heavy atom. The maximum atomic E-state index is 6.59. The number of benzene rings is 10. The van der Waals surface area contributed by atoms with Gasteiger partial charge in [-0.25, -0.2) is 0 Å². The third-order valence-corrected chi connectivity index (χ3v) is 14.6. The number of hydrogen-bond acceptors (Lipinski definition) is 3. The minimum atomic E-state index is 0.910. The van der Waals surface area contributed by atoms with Gasteiger partial charge in [-0.15, -0.1) is 22.7 Å². The van der Waals surface area contributed by atoms with Crippen molar-refractivity contribution >= 4 is 107 Å². The van der Waals surface area contributed by atoms with Crippen LogP contribution < -0.4 is 0 Å². The van der Waals surface area contributed by atoms with Gasteiger partial charge >= 0.3 is 0 Å². The van der Waals surface area contributed by atoms with Crippen LogP contribution in [0.1, 0.15) is 0 Å². The number of rotatable bonds is 4. The van der Waals surface area contributed by atoms with Crippen LogP contribution in [0.15, 0.2) is 199 Å². The Morgan fingerprint density at radius 1 is 0.305 bits per heavy atom. The van der Waals surface area contributed by atoms with E-state index in [1.165, 1.54) is 106 Å². The zero-order valence-electron chi connectivity index (χ0n) is 31.7. The van der Waals surface area contributed by atoms with Crippen LogP contribution in [0, 0.1) is 0 Å². The van der Waals surface area contributed by atoms with Crippen molar-refractivity contribution in [3.63, 3.8) is 0 Å². The molecule has 274 valence electrons. The van der Waals surface area contributed by atoms with Crippen LogP contribution in [0.4, 0.5) is 0 Å². The van der Waals surface area contributed by atoms with Crippen LogP contribution in [0.5, 0.6) is 0 Å². The number of fused-ring (bicyclic) bond motifs is 12. The van der Waals surface area contributed by atoms with Crippen LogP contribution in [0.25, 0.3) is 128 Å². The lowest BCUT2D eigenvalue weighted by atomic mass is 9.85. The molecule has 13 aromatic rings. The molecule has 0 amide bonds. The molecule has 10 aromatic carbocycles. The van der Waals surface area contributed by atoms with Crippen molar-refractivity contribution in [1.82, 2.24) is 0 Å². The predicted octanol–water partition coefficient (Wildman–Crippen LogP) is 17.3. The number of furan rings is 1. The molecule has 0 aliphatic carbocycles. The van der Waals surface area contributed by atoms with Crippen LogP contribution in [-0.2, 0) is 0 Å². The average Bonchev–Trinajstić information content (AvgIpc) is 3.99. The van der Waals surface area contributed by atoms with Gasteiger partial charge in [-0.3, -0.25) is 0 Å². The van der Waals surface area contributed by atoms with Crippen LogP contribution in [0.3, 0.4) is 0 Å². The van der Waals surface area contributed by atoms with E-state index >= 15 is 0 Å². The smallest absolute Gasteiger partial charge is 0.136 e.